The predicted octanol–water partition coefficient (Wildman–Crippen LogP) is 4.92. The third-order valence-corrected chi connectivity index (χ3v) is 6.21. The van der Waals surface area contributed by atoms with Gasteiger partial charge in [-0.2, -0.15) is 13.2 Å². The molecule has 2 aromatic carbocycles. The number of nitrogens with two attached hydrogens (primary N) is 1. The lowest BCUT2D eigenvalue weighted by atomic mass is 9.84. The number of hydrogen-bond donors (Lipinski definition) is 3. The molecular weight excluding hydrogens is 475 g/mol. The van der Waals surface area contributed by atoms with Gasteiger partial charge in [-0.3, -0.25) is 0 Å². The number of aromatic carboxylic acids is 1. The lowest BCUT2D eigenvalue weighted by Crippen LogP contribution is -2.23. The molecule has 2 rings (SSSR count). The lowest BCUT2D eigenvalue weighted by molar-refractivity contribution is -0.0436. The minimum Gasteiger partial charge on any atom is -0.507 e. The number of methoxy groups -OCH3 is 1. The number of aromatic hydroxyl groups is 1. The SMILES string of the molecule is COc1cc(S(=O)(=O)C(F)(F)F)ccc1N.Cc1c(Cl)cc(C(C)(C)C)c(O)c1C(=O)O. The summed E-state index contributed by atoms with van der Waals surface area (Å²) in [4.78, 5) is 10.2. The summed E-state index contributed by atoms with van der Waals surface area (Å²) < 4.78 is 63.2. The second kappa shape index (κ2) is 9.45. The number of benzene rings is 2. The highest BCUT2D eigenvalue weighted by Gasteiger charge is 2.47. The van der Waals surface area contributed by atoms with Crippen LogP contribution in [-0.4, -0.2) is 37.2 Å². The highest BCUT2D eigenvalue weighted by Crippen LogP contribution is 2.38. The molecule has 0 aliphatic heterocycles. The van der Waals surface area contributed by atoms with E-state index in [1.165, 1.54) is 7.11 Å². The van der Waals surface area contributed by atoms with Crippen LogP contribution >= 0.6 is 11.6 Å². The average molecular weight is 498 g/mol. The summed E-state index contributed by atoms with van der Waals surface area (Å²) in [6.45, 7) is 7.25. The normalized spacial score (nSPS) is 12.0. The van der Waals surface area contributed by atoms with E-state index in [-0.39, 0.29) is 28.2 Å². The van der Waals surface area contributed by atoms with Crippen LogP contribution in [0.1, 0.15) is 42.3 Å². The number of alkyl halides is 3. The number of carboxylic acid groups (broad SMARTS) is 1. The van der Waals surface area contributed by atoms with Gasteiger partial charge in [0.2, 0.25) is 0 Å². The maximum Gasteiger partial charge on any atom is 0.501 e. The number of carboxylic acids is 1. The summed E-state index contributed by atoms with van der Waals surface area (Å²) in [7, 11) is -4.19. The van der Waals surface area contributed by atoms with Gasteiger partial charge in [-0.15, -0.1) is 0 Å². The minimum absolute atomic E-state index is 0.0589. The molecule has 7 nitrogen and oxygen atoms in total. The van der Waals surface area contributed by atoms with Crippen LogP contribution in [0.4, 0.5) is 18.9 Å². The number of carbonyl (C=O) groups is 1. The van der Waals surface area contributed by atoms with Crippen molar-refractivity contribution < 1.29 is 41.3 Å². The van der Waals surface area contributed by atoms with Crippen LogP contribution in [0.25, 0.3) is 0 Å². The molecule has 0 bridgehead atoms. The fourth-order valence-corrected chi connectivity index (χ4v) is 3.54. The zero-order chi connectivity index (χ0) is 25.2. The Morgan fingerprint density at radius 2 is 1.69 bits per heavy atom. The van der Waals surface area contributed by atoms with Crippen molar-refractivity contribution in [3.05, 3.63) is 46.0 Å². The molecule has 0 aromatic heterocycles. The summed E-state index contributed by atoms with van der Waals surface area (Å²) in [5.41, 5.74) is 0.533. The van der Waals surface area contributed by atoms with Gasteiger partial charge in [0, 0.05) is 16.7 Å². The molecule has 2 aromatic rings. The topological polar surface area (TPSA) is 127 Å². The Morgan fingerprint density at radius 3 is 2.09 bits per heavy atom. The van der Waals surface area contributed by atoms with Gasteiger partial charge in [0.25, 0.3) is 9.84 Å². The molecule has 0 aliphatic carbocycles. The number of anilines is 1. The summed E-state index contributed by atoms with van der Waals surface area (Å²) in [6, 6.07) is 4.18. The molecule has 0 spiro atoms. The van der Waals surface area contributed by atoms with E-state index in [9.17, 15) is 31.5 Å². The molecule has 0 radical (unpaired) electrons. The van der Waals surface area contributed by atoms with Crippen LogP contribution in [0.5, 0.6) is 11.5 Å². The number of phenols is 1. The highest BCUT2D eigenvalue weighted by atomic mass is 35.5. The number of rotatable bonds is 3. The summed E-state index contributed by atoms with van der Waals surface area (Å²) in [5, 5.41) is 19.4. The van der Waals surface area contributed by atoms with Crippen molar-refractivity contribution in [3.8, 4) is 11.5 Å². The summed E-state index contributed by atoms with van der Waals surface area (Å²) >= 11 is 5.97. The zero-order valence-corrected chi connectivity index (χ0v) is 19.4. The molecule has 0 heterocycles. The van der Waals surface area contributed by atoms with Gasteiger partial charge in [0.1, 0.15) is 17.1 Å². The van der Waals surface area contributed by atoms with Gasteiger partial charge in [-0.1, -0.05) is 32.4 Å². The van der Waals surface area contributed by atoms with Gasteiger partial charge >= 0.3 is 11.5 Å². The Morgan fingerprint density at radius 1 is 1.16 bits per heavy atom. The number of halogens is 4. The van der Waals surface area contributed by atoms with E-state index in [0.29, 0.717) is 16.1 Å². The number of sulfone groups is 1. The maximum atomic E-state index is 12.2. The quantitative estimate of drug-likeness (QED) is 0.513. The molecular formula is C20H23ClF3NO6S. The van der Waals surface area contributed by atoms with Crippen LogP contribution in [-0.2, 0) is 15.3 Å². The first-order chi connectivity index (χ1) is 14.4. The Kier molecular flexibility index (Phi) is 8.09. The molecule has 32 heavy (non-hydrogen) atoms. The fraction of sp³-hybridized carbons (Fsp3) is 0.350. The van der Waals surface area contributed by atoms with Crippen LogP contribution in [0.15, 0.2) is 29.2 Å². The van der Waals surface area contributed by atoms with E-state index in [4.69, 9.17) is 22.4 Å². The molecule has 0 amide bonds. The molecule has 4 N–H and O–H groups in total. The van der Waals surface area contributed by atoms with Gasteiger partial charge in [-0.25, -0.2) is 13.2 Å². The average Bonchev–Trinajstić information content (AvgIpc) is 2.63. The number of nitrogen functional groups attached to an aromatic ring is 1. The first-order valence-electron chi connectivity index (χ1n) is 8.87. The van der Waals surface area contributed by atoms with Crippen LogP contribution in [0.3, 0.4) is 0 Å². The molecule has 0 saturated carbocycles. The maximum absolute atomic E-state index is 12.2. The number of hydrogen-bond acceptors (Lipinski definition) is 6. The third-order valence-electron chi connectivity index (χ3n) is 4.34. The zero-order valence-electron chi connectivity index (χ0n) is 17.8. The lowest BCUT2D eigenvalue weighted by Gasteiger charge is -2.22. The highest BCUT2D eigenvalue weighted by molar-refractivity contribution is 7.92. The van der Waals surface area contributed by atoms with Crippen molar-refractivity contribution in [1.82, 2.24) is 0 Å². The van der Waals surface area contributed by atoms with E-state index in [2.05, 4.69) is 4.74 Å². The van der Waals surface area contributed by atoms with Gasteiger partial charge < -0.3 is 20.7 Å². The summed E-state index contributed by atoms with van der Waals surface area (Å²) in [5.74, 6) is -1.48. The first-order valence-corrected chi connectivity index (χ1v) is 10.7. The molecule has 178 valence electrons. The van der Waals surface area contributed by atoms with Gasteiger partial charge in [0.05, 0.1) is 17.7 Å². The Hall–Kier alpha value is -2.66. The van der Waals surface area contributed by atoms with E-state index < -0.39 is 26.2 Å². The second-order valence-electron chi connectivity index (χ2n) is 7.66. The largest absolute Gasteiger partial charge is 0.507 e. The van der Waals surface area contributed by atoms with Crippen molar-refractivity contribution in [2.45, 2.75) is 43.5 Å². The molecule has 0 atom stereocenters. The van der Waals surface area contributed by atoms with Crippen molar-refractivity contribution in [2.75, 3.05) is 12.8 Å². The van der Waals surface area contributed by atoms with E-state index in [1.54, 1.807) is 13.0 Å². The fourth-order valence-electron chi connectivity index (χ4n) is 2.56. The van der Waals surface area contributed by atoms with E-state index >= 15 is 0 Å². The molecule has 0 unspecified atom stereocenters. The van der Waals surface area contributed by atoms with E-state index in [0.717, 1.165) is 18.2 Å². The van der Waals surface area contributed by atoms with Crippen molar-refractivity contribution in [1.29, 1.82) is 0 Å². The smallest absolute Gasteiger partial charge is 0.501 e. The second-order valence-corrected chi connectivity index (χ2v) is 10.0. The van der Waals surface area contributed by atoms with Crippen LogP contribution in [0, 0.1) is 6.92 Å². The Balaban J connectivity index is 0.000000320. The summed E-state index contributed by atoms with van der Waals surface area (Å²) in [6.07, 6.45) is 0. The van der Waals surface area contributed by atoms with Crippen molar-refractivity contribution in [2.24, 2.45) is 0 Å². The van der Waals surface area contributed by atoms with Crippen molar-refractivity contribution >= 4 is 33.1 Å². The standard InChI is InChI=1S/C12H15ClO3.C8H8F3NO3S/c1-6-8(13)5-7(12(2,3)4)10(14)9(6)11(15)16;1-15-7-4-5(2-3-6(7)12)16(13,14)8(9,10)11/h5,14H,1-4H3,(H,15,16);2-4H,12H2,1H3. The molecule has 12 heteroatoms. The van der Waals surface area contributed by atoms with E-state index in [1.807, 2.05) is 20.8 Å². The molecule has 0 saturated heterocycles. The van der Waals surface area contributed by atoms with Crippen LogP contribution in [0.2, 0.25) is 5.02 Å². The van der Waals surface area contributed by atoms with Crippen LogP contribution < -0.4 is 10.5 Å². The third kappa shape index (κ3) is 5.77. The van der Waals surface area contributed by atoms with Gasteiger partial charge in [0.15, 0.2) is 0 Å². The molecule has 0 aliphatic rings. The molecule has 0 fully saturated rings. The Labute approximate surface area is 188 Å². The Bertz CT molecular complexity index is 1130. The van der Waals surface area contributed by atoms with Crippen molar-refractivity contribution in [3.63, 3.8) is 0 Å². The monoisotopic (exact) mass is 497 g/mol. The first kappa shape index (κ1) is 27.4. The van der Waals surface area contributed by atoms with Gasteiger partial charge in [-0.05, 0) is 36.1 Å². The number of ether oxygens (including phenoxy) is 1. The predicted molar refractivity (Wildman–Crippen MR) is 114 cm³/mol. The minimum atomic E-state index is -5.36.